The number of nitrogens with zero attached hydrogens (tertiary/aromatic N) is 2. The molecule has 1 aliphatic heterocycles. The van der Waals surface area contributed by atoms with Gasteiger partial charge >= 0.3 is 0 Å². The molecule has 1 heterocycles. The Labute approximate surface area is 135 Å². The predicted octanol–water partition coefficient (Wildman–Crippen LogP) is 1.38. The smallest absolute Gasteiger partial charge is 0.271 e. The largest absolute Gasteiger partial charge is 0.369 e. The van der Waals surface area contributed by atoms with Crippen molar-refractivity contribution >= 4 is 46.0 Å². The Balaban J connectivity index is 0.00000200. The molecular formula is C11H17Cl2N3O4S. The molecule has 0 saturated carbocycles. The first-order chi connectivity index (χ1) is 8.79. The summed E-state index contributed by atoms with van der Waals surface area (Å²) in [5.74, 6) is 0. The second-order valence-corrected chi connectivity index (χ2v) is 6.66. The number of sulfone groups is 1. The zero-order chi connectivity index (χ0) is 14.2. The van der Waals surface area contributed by atoms with Crippen molar-refractivity contribution < 1.29 is 13.3 Å². The molecule has 1 saturated heterocycles. The van der Waals surface area contributed by atoms with Gasteiger partial charge < -0.3 is 10.6 Å². The van der Waals surface area contributed by atoms with Gasteiger partial charge in [-0.3, -0.25) is 10.1 Å². The molecule has 0 radical (unpaired) electrons. The monoisotopic (exact) mass is 357 g/mol. The molecule has 0 aliphatic carbocycles. The van der Waals surface area contributed by atoms with E-state index < -0.39 is 14.8 Å². The molecule has 2 N–H and O–H groups in total. The van der Waals surface area contributed by atoms with Crippen LogP contribution in [0, 0.1) is 10.1 Å². The molecule has 1 aromatic carbocycles. The van der Waals surface area contributed by atoms with Crippen LogP contribution < -0.4 is 10.6 Å². The van der Waals surface area contributed by atoms with Crippen LogP contribution in [-0.4, -0.2) is 38.7 Å². The molecule has 0 unspecified atom stereocenters. The SMILES string of the molecule is CS(=O)(=O)c1ccc([N+](=O)[O-])cc1N1CC[C@H](N)C1.Cl.Cl. The van der Waals surface area contributed by atoms with Gasteiger partial charge in [-0.2, -0.15) is 0 Å². The molecule has 1 aromatic rings. The molecule has 0 aromatic heterocycles. The number of anilines is 1. The molecule has 0 bridgehead atoms. The van der Waals surface area contributed by atoms with E-state index in [1.54, 1.807) is 4.90 Å². The van der Waals surface area contributed by atoms with Crippen molar-refractivity contribution in [3.8, 4) is 0 Å². The summed E-state index contributed by atoms with van der Waals surface area (Å²) in [6.07, 6.45) is 1.83. The topological polar surface area (TPSA) is 107 Å². The zero-order valence-corrected chi connectivity index (χ0v) is 13.7. The van der Waals surface area contributed by atoms with E-state index in [1.165, 1.54) is 18.2 Å². The van der Waals surface area contributed by atoms with Crippen LogP contribution in [0.1, 0.15) is 6.42 Å². The average Bonchev–Trinajstić information content (AvgIpc) is 2.73. The lowest BCUT2D eigenvalue weighted by atomic mass is 10.2. The third-order valence-corrected chi connectivity index (χ3v) is 4.26. The van der Waals surface area contributed by atoms with E-state index in [0.29, 0.717) is 18.8 Å². The van der Waals surface area contributed by atoms with Gasteiger partial charge in [-0.1, -0.05) is 0 Å². The van der Waals surface area contributed by atoms with Crippen LogP contribution in [0.15, 0.2) is 23.1 Å². The summed E-state index contributed by atoms with van der Waals surface area (Å²) in [7, 11) is -3.44. The van der Waals surface area contributed by atoms with Crippen molar-refractivity contribution in [2.24, 2.45) is 5.73 Å². The molecule has 2 rings (SSSR count). The molecule has 7 nitrogen and oxygen atoms in total. The number of nitro benzene ring substituents is 1. The minimum absolute atomic E-state index is 0. The van der Waals surface area contributed by atoms with Crippen LogP contribution in [0.5, 0.6) is 0 Å². The minimum atomic E-state index is -3.44. The summed E-state index contributed by atoms with van der Waals surface area (Å²) in [6, 6.07) is 3.75. The molecule has 0 amide bonds. The highest BCUT2D eigenvalue weighted by Gasteiger charge is 2.26. The number of hydrogen-bond acceptors (Lipinski definition) is 6. The van der Waals surface area contributed by atoms with E-state index in [0.717, 1.165) is 12.7 Å². The molecule has 1 atom stereocenters. The lowest BCUT2D eigenvalue weighted by molar-refractivity contribution is -0.384. The summed E-state index contributed by atoms with van der Waals surface area (Å²) in [5, 5.41) is 10.8. The molecular weight excluding hydrogens is 341 g/mol. The Morgan fingerprint density at radius 3 is 2.43 bits per heavy atom. The van der Waals surface area contributed by atoms with Crippen LogP contribution >= 0.6 is 24.8 Å². The first-order valence-corrected chi connectivity index (χ1v) is 7.67. The Morgan fingerprint density at radius 2 is 2.00 bits per heavy atom. The van der Waals surface area contributed by atoms with Crippen LogP contribution in [0.4, 0.5) is 11.4 Å². The van der Waals surface area contributed by atoms with Crippen molar-refractivity contribution in [1.82, 2.24) is 0 Å². The minimum Gasteiger partial charge on any atom is -0.369 e. The lowest BCUT2D eigenvalue weighted by Crippen LogP contribution is -2.27. The van der Waals surface area contributed by atoms with Gasteiger partial charge in [0.1, 0.15) is 0 Å². The second kappa shape index (κ2) is 7.26. The summed E-state index contributed by atoms with van der Waals surface area (Å²) < 4.78 is 23.5. The lowest BCUT2D eigenvalue weighted by Gasteiger charge is -2.20. The van der Waals surface area contributed by atoms with Gasteiger partial charge in [0.15, 0.2) is 9.84 Å². The maximum Gasteiger partial charge on any atom is 0.271 e. The third kappa shape index (κ3) is 4.44. The first kappa shape index (κ1) is 19.9. The van der Waals surface area contributed by atoms with Gasteiger partial charge in [0.05, 0.1) is 15.5 Å². The van der Waals surface area contributed by atoms with E-state index >= 15 is 0 Å². The number of benzene rings is 1. The van der Waals surface area contributed by atoms with Crippen LogP contribution in [-0.2, 0) is 9.84 Å². The highest BCUT2D eigenvalue weighted by molar-refractivity contribution is 7.90. The first-order valence-electron chi connectivity index (χ1n) is 5.78. The maximum atomic E-state index is 11.7. The van der Waals surface area contributed by atoms with Crippen molar-refractivity contribution in [1.29, 1.82) is 0 Å². The Bertz CT molecular complexity index is 624. The summed E-state index contributed by atoms with van der Waals surface area (Å²) >= 11 is 0. The number of non-ortho nitro benzene ring substituents is 1. The van der Waals surface area contributed by atoms with Gasteiger partial charge in [0.25, 0.3) is 5.69 Å². The van der Waals surface area contributed by atoms with Crippen LogP contribution in [0.3, 0.4) is 0 Å². The van der Waals surface area contributed by atoms with Gasteiger partial charge in [0.2, 0.25) is 0 Å². The fraction of sp³-hybridized carbons (Fsp3) is 0.455. The fourth-order valence-corrected chi connectivity index (χ4v) is 3.07. The molecule has 120 valence electrons. The van der Waals surface area contributed by atoms with Crippen LogP contribution in [0.25, 0.3) is 0 Å². The molecule has 1 aliphatic rings. The number of rotatable bonds is 3. The van der Waals surface area contributed by atoms with Gasteiger partial charge in [-0.25, -0.2) is 8.42 Å². The number of hydrogen-bond donors (Lipinski definition) is 1. The third-order valence-electron chi connectivity index (χ3n) is 3.12. The Hall–Kier alpha value is -1.09. The van der Waals surface area contributed by atoms with Gasteiger partial charge in [0, 0.05) is 37.5 Å². The Morgan fingerprint density at radius 1 is 1.38 bits per heavy atom. The summed E-state index contributed by atoms with van der Waals surface area (Å²) in [4.78, 5) is 12.2. The van der Waals surface area contributed by atoms with E-state index in [9.17, 15) is 18.5 Å². The normalized spacial score (nSPS) is 17.8. The summed E-state index contributed by atoms with van der Waals surface area (Å²) in [6.45, 7) is 1.11. The average molecular weight is 358 g/mol. The second-order valence-electron chi connectivity index (χ2n) is 4.68. The predicted molar refractivity (Wildman–Crippen MR) is 85.5 cm³/mol. The zero-order valence-electron chi connectivity index (χ0n) is 11.3. The van der Waals surface area contributed by atoms with E-state index in [1.807, 2.05) is 0 Å². The van der Waals surface area contributed by atoms with Crippen molar-refractivity contribution in [3.63, 3.8) is 0 Å². The highest BCUT2D eigenvalue weighted by Crippen LogP contribution is 2.31. The highest BCUT2D eigenvalue weighted by atomic mass is 35.5. The van der Waals surface area contributed by atoms with Crippen LogP contribution in [0.2, 0.25) is 0 Å². The van der Waals surface area contributed by atoms with E-state index in [2.05, 4.69) is 0 Å². The van der Waals surface area contributed by atoms with Crippen molar-refractivity contribution in [2.45, 2.75) is 17.4 Å². The quantitative estimate of drug-likeness (QED) is 0.646. The van der Waals surface area contributed by atoms with Gasteiger partial charge in [-0.05, 0) is 12.5 Å². The maximum absolute atomic E-state index is 11.7. The standard InChI is InChI=1S/C11H15N3O4S.2ClH/c1-19(17,18)11-3-2-9(14(15)16)6-10(11)13-5-4-8(12)7-13;;/h2-3,6,8H,4-5,7,12H2,1H3;2*1H/t8-;;/m0../s1. The molecule has 21 heavy (non-hydrogen) atoms. The Kier molecular flexibility index (Phi) is 6.88. The number of halogens is 2. The summed E-state index contributed by atoms with van der Waals surface area (Å²) in [5.41, 5.74) is 6.04. The van der Waals surface area contributed by atoms with E-state index in [-0.39, 0.29) is 41.4 Å². The molecule has 0 spiro atoms. The number of nitro groups is 1. The van der Waals surface area contributed by atoms with Gasteiger partial charge in [-0.15, -0.1) is 24.8 Å². The van der Waals surface area contributed by atoms with Crippen molar-refractivity contribution in [3.05, 3.63) is 28.3 Å². The van der Waals surface area contributed by atoms with E-state index in [4.69, 9.17) is 5.73 Å². The fourth-order valence-electron chi connectivity index (χ4n) is 2.19. The number of nitrogens with two attached hydrogens (primary N) is 1. The van der Waals surface area contributed by atoms with Crippen molar-refractivity contribution in [2.75, 3.05) is 24.2 Å². The molecule has 1 fully saturated rings. The molecule has 10 heteroatoms.